The minimum atomic E-state index is -0.111. The molecule has 136 valence electrons. The van der Waals surface area contributed by atoms with Gasteiger partial charge < -0.3 is 15.0 Å². The van der Waals surface area contributed by atoms with Crippen LogP contribution < -0.4 is 10.1 Å². The lowest BCUT2D eigenvalue weighted by molar-refractivity contribution is -0.113. The smallest absolute Gasteiger partial charge is 0.235 e. The Bertz CT molecular complexity index is 1090. The van der Waals surface area contributed by atoms with Crippen LogP contribution in [-0.2, 0) is 4.79 Å². The number of aromatic amines is 2. The highest BCUT2D eigenvalue weighted by molar-refractivity contribution is 8.00. The summed E-state index contributed by atoms with van der Waals surface area (Å²) in [6.07, 6.45) is 1.93. The predicted molar refractivity (Wildman–Crippen MR) is 108 cm³/mol. The monoisotopic (exact) mass is 378 g/mol. The van der Waals surface area contributed by atoms with E-state index in [9.17, 15) is 4.79 Å². The van der Waals surface area contributed by atoms with Gasteiger partial charge in [-0.2, -0.15) is 5.10 Å². The molecule has 27 heavy (non-hydrogen) atoms. The van der Waals surface area contributed by atoms with Crippen molar-refractivity contribution >= 4 is 34.4 Å². The van der Waals surface area contributed by atoms with Gasteiger partial charge in [-0.15, -0.1) is 11.8 Å². The van der Waals surface area contributed by atoms with Gasteiger partial charge in [0.05, 0.1) is 18.6 Å². The molecule has 4 rings (SSSR count). The van der Waals surface area contributed by atoms with E-state index >= 15 is 0 Å². The van der Waals surface area contributed by atoms with Gasteiger partial charge in [0.2, 0.25) is 5.91 Å². The summed E-state index contributed by atoms with van der Waals surface area (Å²) >= 11 is 1.45. The second-order valence-corrected chi connectivity index (χ2v) is 6.98. The molecule has 7 heteroatoms. The van der Waals surface area contributed by atoms with Crippen molar-refractivity contribution in [3.8, 4) is 17.0 Å². The van der Waals surface area contributed by atoms with Crippen molar-refractivity contribution in [2.75, 3.05) is 18.2 Å². The molecule has 0 radical (unpaired) electrons. The molecule has 3 N–H and O–H groups in total. The van der Waals surface area contributed by atoms with Gasteiger partial charge in [0, 0.05) is 33.6 Å². The van der Waals surface area contributed by atoms with Crippen molar-refractivity contribution in [3.63, 3.8) is 0 Å². The number of aromatic nitrogens is 3. The third kappa shape index (κ3) is 3.83. The maximum atomic E-state index is 12.2. The van der Waals surface area contributed by atoms with Crippen LogP contribution >= 0.6 is 11.8 Å². The average Bonchev–Trinajstić information content (AvgIpc) is 3.33. The molecule has 0 saturated carbocycles. The van der Waals surface area contributed by atoms with E-state index in [4.69, 9.17) is 4.74 Å². The maximum Gasteiger partial charge on any atom is 0.235 e. The molecule has 0 aliphatic carbocycles. The predicted octanol–water partition coefficient (Wildman–Crippen LogP) is 4.30. The normalized spacial score (nSPS) is 10.9. The molecule has 0 bridgehead atoms. The molecule has 2 heterocycles. The largest absolute Gasteiger partial charge is 0.497 e. The second kappa shape index (κ2) is 7.59. The molecule has 0 aliphatic rings. The van der Waals surface area contributed by atoms with Gasteiger partial charge in [0.15, 0.2) is 5.82 Å². The number of H-pyrrole nitrogens is 2. The average molecular weight is 378 g/mol. The first kappa shape index (κ1) is 17.2. The zero-order valence-electron chi connectivity index (χ0n) is 14.7. The number of benzene rings is 2. The Hall–Kier alpha value is -3.19. The number of amides is 1. The molecule has 2 aromatic carbocycles. The standard InChI is InChI=1S/C20H18N4O2S/c1-26-13-5-4-6-14(9-13)27-12-20(25)22-19-10-18(23-24-19)16-11-21-17-8-3-2-7-15(16)17/h2-11,21H,12H2,1H3,(H2,22,23,24,25). The Kier molecular flexibility index (Phi) is 4.84. The summed E-state index contributed by atoms with van der Waals surface area (Å²) < 4.78 is 5.20. The van der Waals surface area contributed by atoms with Crippen molar-refractivity contribution in [1.82, 2.24) is 15.2 Å². The SMILES string of the molecule is COc1cccc(SCC(=O)Nc2cc(-c3c[nH]c4ccccc34)[nH]n2)c1. The minimum absolute atomic E-state index is 0.111. The summed E-state index contributed by atoms with van der Waals surface area (Å²) in [5.74, 6) is 1.46. The van der Waals surface area contributed by atoms with E-state index in [1.807, 2.05) is 60.8 Å². The van der Waals surface area contributed by atoms with E-state index < -0.39 is 0 Å². The van der Waals surface area contributed by atoms with Crippen molar-refractivity contribution in [3.05, 3.63) is 60.8 Å². The maximum absolute atomic E-state index is 12.2. The molecule has 2 aromatic heterocycles. The molecular formula is C20H18N4O2S. The molecule has 6 nitrogen and oxygen atoms in total. The fraction of sp³-hybridized carbons (Fsp3) is 0.100. The number of nitrogens with one attached hydrogen (secondary N) is 3. The van der Waals surface area contributed by atoms with Crippen LogP contribution in [-0.4, -0.2) is 34.0 Å². The lowest BCUT2D eigenvalue weighted by Crippen LogP contribution is -2.14. The van der Waals surface area contributed by atoms with Gasteiger partial charge in [-0.3, -0.25) is 9.89 Å². The number of hydrogen-bond acceptors (Lipinski definition) is 4. The van der Waals surface area contributed by atoms with Crippen molar-refractivity contribution < 1.29 is 9.53 Å². The Labute approximate surface area is 160 Å². The number of para-hydroxylation sites is 1. The fourth-order valence-corrected chi connectivity index (χ4v) is 3.58. The van der Waals surface area contributed by atoms with Crippen LogP contribution in [0.2, 0.25) is 0 Å². The molecule has 0 fully saturated rings. The number of nitrogens with zero attached hydrogens (tertiary/aromatic N) is 1. The first-order valence-corrected chi connectivity index (χ1v) is 9.40. The Morgan fingerprint density at radius 1 is 1.19 bits per heavy atom. The number of thioether (sulfide) groups is 1. The lowest BCUT2D eigenvalue weighted by atomic mass is 10.1. The molecule has 4 aromatic rings. The Morgan fingerprint density at radius 3 is 2.96 bits per heavy atom. The zero-order chi connectivity index (χ0) is 18.6. The molecule has 0 saturated heterocycles. The van der Waals surface area contributed by atoms with Gasteiger partial charge in [0.25, 0.3) is 0 Å². The van der Waals surface area contributed by atoms with Crippen molar-refractivity contribution in [2.24, 2.45) is 0 Å². The van der Waals surface area contributed by atoms with Crippen LogP contribution in [0.4, 0.5) is 5.82 Å². The zero-order valence-corrected chi connectivity index (χ0v) is 15.5. The first-order chi connectivity index (χ1) is 13.2. The van der Waals surface area contributed by atoms with E-state index in [2.05, 4.69) is 20.5 Å². The van der Waals surface area contributed by atoms with Crippen LogP contribution in [0.15, 0.2) is 65.7 Å². The summed E-state index contributed by atoms with van der Waals surface area (Å²) in [6.45, 7) is 0. The summed E-state index contributed by atoms with van der Waals surface area (Å²) in [4.78, 5) is 16.4. The molecule has 0 atom stereocenters. The molecule has 1 amide bonds. The lowest BCUT2D eigenvalue weighted by Gasteiger charge is -2.04. The number of rotatable bonds is 6. The third-order valence-corrected chi connectivity index (χ3v) is 5.13. The summed E-state index contributed by atoms with van der Waals surface area (Å²) in [5.41, 5.74) is 2.93. The van der Waals surface area contributed by atoms with Crippen LogP contribution in [0.25, 0.3) is 22.2 Å². The Morgan fingerprint density at radius 2 is 2.07 bits per heavy atom. The van der Waals surface area contributed by atoms with Crippen LogP contribution in [0.5, 0.6) is 5.75 Å². The van der Waals surface area contributed by atoms with Crippen LogP contribution in [0.3, 0.4) is 0 Å². The van der Waals surface area contributed by atoms with E-state index in [1.54, 1.807) is 7.11 Å². The molecule has 0 aliphatic heterocycles. The van der Waals surface area contributed by atoms with Crippen LogP contribution in [0, 0.1) is 0 Å². The Balaban J connectivity index is 1.41. The van der Waals surface area contributed by atoms with Gasteiger partial charge in [-0.25, -0.2) is 0 Å². The molecule has 0 spiro atoms. The van der Waals surface area contributed by atoms with Gasteiger partial charge in [-0.1, -0.05) is 24.3 Å². The van der Waals surface area contributed by atoms with Crippen LogP contribution in [0.1, 0.15) is 0 Å². The number of ether oxygens (including phenoxy) is 1. The topological polar surface area (TPSA) is 82.8 Å². The number of methoxy groups -OCH3 is 1. The number of fused-ring (bicyclic) bond motifs is 1. The fourth-order valence-electron chi connectivity index (χ4n) is 2.84. The van der Waals surface area contributed by atoms with Crippen molar-refractivity contribution in [1.29, 1.82) is 0 Å². The highest BCUT2D eigenvalue weighted by Crippen LogP contribution is 2.28. The number of carbonyl (C=O) groups excluding carboxylic acids is 1. The van der Waals surface area contributed by atoms with Gasteiger partial charge >= 0.3 is 0 Å². The highest BCUT2D eigenvalue weighted by Gasteiger charge is 2.11. The number of carbonyl (C=O) groups is 1. The summed E-state index contributed by atoms with van der Waals surface area (Å²) in [6, 6.07) is 17.5. The van der Waals surface area contributed by atoms with E-state index in [0.29, 0.717) is 11.6 Å². The first-order valence-electron chi connectivity index (χ1n) is 8.41. The highest BCUT2D eigenvalue weighted by atomic mass is 32.2. The molecule has 0 unspecified atom stereocenters. The summed E-state index contributed by atoms with van der Waals surface area (Å²) in [5, 5.41) is 11.1. The second-order valence-electron chi connectivity index (χ2n) is 5.93. The number of hydrogen-bond donors (Lipinski definition) is 3. The quantitative estimate of drug-likeness (QED) is 0.437. The van der Waals surface area contributed by atoms with E-state index in [1.165, 1.54) is 11.8 Å². The van der Waals surface area contributed by atoms with Gasteiger partial charge in [-0.05, 0) is 24.3 Å². The van der Waals surface area contributed by atoms with E-state index in [-0.39, 0.29) is 5.91 Å². The van der Waals surface area contributed by atoms with Crippen molar-refractivity contribution in [2.45, 2.75) is 4.90 Å². The molecular weight excluding hydrogens is 360 g/mol. The minimum Gasteiger partial charge on any atom is -0.497 e. The van der Waals surface area contributed by atoms with Gasteiger partial charge in [0.1, 0.15) is 5.75 Å². The summed E-state index contributed by atoms with van der Waals surface area (Å²) in [7, 11) is 1.62. The van der Waals surface area contributed by atoms with E-state index in [0.717, 1.165) is 32.8 Å². The third-order valence-electron chi connectivity index (χ3n) is 4.14. The number of anilines is 1.